The Morgan fingerprint density at radius 2 is 0.750 bits per heavy atom. The van der Waals surface area contributed by atoms with Gasteiger partial charge in [-0.15, -0.1) is 0 Å². The molecule has 0 saturated heterocycles. The number of halogens is 2. The average Bonchev–Trinajstić information content (AvgIpc) is 1.00. The molecule has 0 rings (SSSR count). The van der Waals surface area contributed by atoms with E-state index in [2.05, 4.69) is 37.2 Å². The second-order valence-corrected chi connectivity index (χ2v) is 0. The zero-order valence-electron chi connectivity index (χ0n) is 1.76. The Hall–Kier alpha value is 3.56. The molecule has 22 valence electrons. The molecule has 0 bridgehead atoms. The van der Waals surface area contributed by atoms with Crippen molar-refractivity contribution in [3.05, 3.63) is 0 Å². The molecule has 0 radical (unpaired) electrons. The Labute approximate surface area is 96.7 Å². The molecule has 0 spiro atoms. The minimum Gasteiger partial charge on any atom is 0 e. The molecule has 0 heterocycles. The first-order valence-electron chi connectivity index (χ1n) is 0.143. The summed E-state index contributed by atoms with van der Waals surface area (Å²) in [5, 5.41) is 0. The van der Waals surface area contributed by atoms with Crippen molar-refractivity contribution in [3.8, 4) is 0 Å². The van der Waals surface area contributed by atoms with Crippen molar-refractivity contribution >= 4 is 37.2 Å². The standard InChI is InChI=1S/I2.2U/c1-2;;. The van der Waals surface area contributed by atoms with Gasteiger partial charge in [0.1, 0.15) is 0 Å². The third-order valence-corrected chi connectivity index (χ3v) is 0. The molecule has 0 amide bonds. The first-order valence-corrected chi connectivity index (χ1v) is 6.43. The van der Waals surface area contributed by atoms with Gasteiger partial charge < -0.3 is 0 Å². The monoisotopic (exact) mass is 730 g/mol. The van der Waals surface area contributed by atoms with Gasteiger partial charge in [-0.3, -0.25) is 0 Å². The predicted octanol–water partition coefficient (Wildman–Crippen LogP) is 1.77. The maximum absolute atomic E-state index is 2.12. The average molecular weight is 730 g/mol. The van der Waals surface area contributed by atoms with Crippen LogP contribution in [0.3, 0.4) is 0 Å². The van der Waals surface area contributed by atoms with Crippen molar-refractivity contribution in [2.24, 2.45) is 0 Å². The molecule has 0 saturated carbocycles. The number of rotatable bonds is 0. The molecule has 0 fully saturated rings. The summed E-state index contributed by atoms with van der Waals surface area (Å²) >= 11 is 4.24. The fraction of sp³-hybridized carbons (Fsp3) is 0. The van der Waals surface area contributed by atoms with Crippen LogP contribution < -0.4 is 0 Å². The van der Waals surface area contributed by atoms with E-state index in [1.807, 2.05) is 0 Å². The third-order valence-electron chi connectivity index (χ3n) is 0. The third kappa shape index (κ3) is 9.12. The van der Waals surface area contributed by atoms with E-state index < -0.39 is 0 Å². The fourth-order valence-corrected chi connectivity index (χ4v) is 0. The molecule has 0 unspecified atom stereocenters. The van der Waals surface area contributed by atoms with E-state index in [0.29, 0.717) is 0 Å². The quantitative estimate of drug-likeness (QED) is 0.334. The van der Waals surface area contributed by atoms with Gasteiger partial charge in [-0.25, -0.2) is 0 Å². The molecule has 0 nitrogen and oxygen atoms in total. The molecule has 0 aromatic carbocycles. The van der Waals surface area contributed by atoms with Crippen molar-refractivity contribution < 1.29 is 62.2 Å². The molecule has 0 aromatic rings. The van der Waals surface area contributed by atoms with Crippen molar-refractivity contribution in [1.82, 2.24) is 0 Å². The van der Waals surface area contributed by atoms with Crippen LogP contribution >= 0.6 is 37.2 Å². The molecule has 0 aliphatic heterocycles. The van der Waals surface area contributed by atoms with Crippen LogP contribution in [0.1, 0.15) is 0 Å². The zero-order valence-corrected chi connectivity index (χ0v) is 14.4. The minimum atomic E-state index is 0. The van der Waals surface area contributed by atoms with Crippen molar-refractivity contribution in [2.75, 3.05) is 0 Å². The predicted molar refractivity (Wildman–Crippen MR) is 28.0 cm³/mol. The molecular weight excluding hydrogens is 730 g/mol. The maximum Gasteiger partial charge on any atom is 0 e. The van der Waals surface area contributed by atoms with Gasteiger partial charge in [0.25, 0.3) is 0 Å². The van der Waals surface area contributed by atoms with Crippen molar-refractivity contribution in [1.29, 1.82) is 0 Å². The van der Waals surface area contributed by atoms with Crippen LogP contribution in [0.15, 0.2) is 0 Å². The summed E-state index contributed by atoms with van der Waals surface area (Å²) in [6, 6.07) is 0. The van der Waals surface area contributed by atoms with Crippen LogP contribution in [0.5, 0.6) is 0 Å². The normalized spacial score (nSPS) is 1.50. The van der Waals surface area contributed by atoms with Crippen LogP contribution in [0.25, 0.3) is 0 Å². The van der Waals surface area contributed by atoms with Crippen LogP contribution in [-0.2, 0) is 0 Å². The molecular formula is I2U2. The van der Waals surface area contributed by atoms with Gasteiger partial charge in [0, 0.05) is 99.5 Å². The van der Waals surface area contributed by atoms with Crippen molar-refractivity contribution in [3.63, 3.8) is 0 Å². The smallest absolute Gasteiger partial charge is 0 e. The van der Waals surface area contributed by atoms with Gasteiger partial charge in [0.15, 0.2) is 0 Å². The minimum absolute atomic E-state index is 0. The Morgan fingerprint density at radius 1 is 0.750 bits per heavy atom. The van der Waals surface area contributed by atoms with E-state index in [9.17, 15) is 0 Å². The molecule has 4 heavy (non-hydrogen) atoms. The largest absolute Gasteiger partial charge is 0 e. The van der Waals surface area contributed by atoms with E-state index in [4.69, 9.17) is 0 Å². The Kier molecular flexibility index (Phi) is 62.6. The van der Waals surface area contributed by atoms with Crippen molar-refractivity contribution in [2.45, 2.75) is 0 Å². The Bertz CT molecular complexity index is 4.00. The summed E-state index contributed by atoms with van der Waals surface area (Å²) in [6.45, 7) is 0. The van der Waals surface area contributed by atoms with E-state index >= 15 is 0 Å². The van der Waals surface area contributed by atoms with E-state index in [0.717, 1.165) is 0 Å². The van der Waals surface area contributed by atoms with Crippen LogP contribution in [0.2, 0.25) is 0 Å². The SMILES string of the molecule is II.[U].[U]. The number of hydrogen-bond acceptors (Lipinski definition) is 0. The van der Waals surface area contributed by atoms with Gasteiger partial charge in [0.05, 0.1) is 0 Å². The van der Waals surface area contributed by atoms with Gasteiger partial charge in [-0.1, -0.05) is 0 Å². The summed E-state index contributed by atoms with van der Waals surface area (Å²) in [5.74, 6) is 0. The summed E-state index contributed by atoms with van der Waals surface area (Å²) in [4.78, 5) is 0. The number of hydrogen-bond donors (Lipinski definition) is 0. The van der Waals surface area contributed by atoms with Crippen LogP contribution in [-0.4, -0.2) is 0 Å². The van der Waals surface area contributed by atoms with Gasteiger partial charge in [-0.2, -0.15) is 0 Å². The zero-order chi connectivity index (χ0) is 2.00. The first kappa shape index (κ1) is 15.6. The summed E-state index contributed by atoms with van der Waals surface area (Å²) < 4.78 is 0. The molecule has 4 heteroatoms. The molecule has 0 aliphatic rings. The summed E-state index contributed by atoms with van der Waals surface area (Å²) in [7, 11) is 0. The molecule has 0 aromatic heterocycles. The molecule has 0 atom stereocenters. The van der Waals surface area contributed by atoms with E-state index in [1.165, 1.54) is 0 Å². The fourth-order valence-electron chi connectivity index (χ4n) is 0. The van der Waals surface area contributed by atoms with E-state index in [-0.39, 0.29) is 62.2 Å². The summed E-state index contributed by atoms with van der Waals surface area (Å²) in [5.41, 5.74) is 0. The second-order valence-electron chi connectivity index (χ2n) is 0. The second kappa shape index (κ2) is 16.0. The Morgan fingerprint density at radius 3 is 0.750 bits per heavy atom. The topological polar surface area (TPSA) is 0 Å². The first-order chi connectivity index (χ1) is 1.00. The van der Waals surface area contributed by atoms with Crippen LogP contribution in [0.4, 0.5) is 0 Å². The Balaban J connectivity index is -0.00000000500. The summed E-state index contributed by atoms with van der Waals surface area (Å²) in [6.07, 6.45) is 0. The molecule has 0 N–H and O–H groups in total. The van der Waals surface area contributed by atoms with Crippen LogP contribution in [0, 0.1) is 62.2 Å². The maximum atomic E-state index is 2.12. The van der Waals surface area contributed by atoms with Gasteiger partial charge in [0.2, 0.25) is 0 Å². The molecule has 0 aliphatic carbocycles. The van der Waals surface area contributed by atoms with Gasteiger partial charge in [-0.05, 0) is 0 Å². The van der Waals surface area contributed by atoms with E-state index in [1.54, 1.807) is 0 Å². The van der Waals surface area contributed by atoms with Gasteiger partial charge >= 0.3 is 0 Å².